The van der Waals surface area contributed by atoms with Gasteiger partial charge in [0.25, 0.3) is 5.91 Å². The van der Waals surface area contributed by atoms with Crippen LogP contribution >= 0.6 is 23.2 Å². The Morgan fingerprint density at radius 1 is 1.08 bits per heavy atom. The van der Waals surface area contributed by atoms with E-state index >= 15 is 0 Å². The topological polar surface area (TPSA) is 76.1 Å². The standard InChI is InChI=1S/C28H24Cl2F3NO5/c1-4-38-26(36)20-11-16(6-9-21(20)29)17-5-8-19(22(30)12-17)15(2)27(37,28(31,32)33)18-7-10-24-23(13-18)34(3)25(35)14-39-24/h5-13,15,37H,4,14H2,1-3H3/t15-,27-/m0/s1. The van der Waals surface area contributed by atoms with Crippen LogP contribution in [0.25, 0.3) is 11.1 Å². The van der Waals surface area contributed by atoms with Gasteiger partial charge in [-0.3, -0.25) is 4.79 Å². The molecule has 39 heavy (non-hydrogen) atoms. The summed E-state index contributed by atoms with van der Waals surface area (Å²) in [6.45, 7) is 2.80. The first-order chi connectivity index (χ1) is 18.3. The summed E-state index contributed by atoms with van der Waals surface area (Å²) in [5.41, 5.74) is -2.49. The molecule has 0 spiro atoms. The number of esters is 1. The smallest absolute Gasteiger partial charge is 0.422 e. The second kappa shape index (κ2) is 10.7. The second-order valence-corrected chi connectivity index (χ2v) is 9.88. The van der Waals surface area contributed by atoms with Crippen LogP contribution in [0.3, 0.4) is 0 Å². The van der Waals surface area contributed by atoms with Crippen LogP contribution in [0, 0.1) is 0 Å². The number of amides is 1. The summed E-state index contributed by atoms with van der Waals surface area (Å²) in [6, 6.07) is 12.6. The number of nitrogens with zero attached hydrogens (tertiary/aromatic N) is 1. The average Bonchev–Trinajstić information content (AvgIpc) is 2.89. The number of ether oxygens (including phenoxy) is 2. The van der Waals surface area contributed by atoms with E-state index in [9.17, 15) is 27.9 Å². The fraction of sp³-hybridized carbons (Fsp3) is 0.286. The van der Waals surface area contributed by atoms with E-state index in [2.05, 4.69) is 0 Å². The first-order valence-corrected chi connectivity index (χ1v) is 12.6. The maximum Gasteiger partial charge on any atom is 0.422 e. The Morgan fingerprint density at radius 2 is 1.74 bits per heavy atom. The van der Waals surface area contributed by atoms with Gasteiger partial charge in [0.15, 0.2) is 12.2 Å². The van der Waals surface area contributed by atoms with Crippen molar-refractivity contribution in [3.63, 3.8) is 0 Å². The van der Waals surface area contributed by atoms with Crippen molar-refractivity contribution in [2.45, 2.75) is 31.5 Å². The Hall–Kier alpha value is -3.27. The summed E-state index contributed by atoms with van der Waals surface area (Å²) in [6.07, 6.45) is -5.11. The number of hydrogen-bond acceptors (Lipinski definition) is 5. The highest BCUT2D eigenvalue weighted by molar-refractivity contribution is 6.33. The van der Waals surface area contributed by atoms with Crippen LogP contribution in [0.15, 0.2) is 54.6 Å². The van der Waals surface area contributed by atoms with E-state index in [0.29, 0.717) is 11.1 Å². The number of alkyl halides is 3. The van der Waals surface area contributed by atoms with Crippen LogP contribution in [0.4, 0.5) is 18.9 Å². The van der Waals surface area contributed by atoms with Crippen molar-refractivity contribution in [1.29, 1.82) is 0 Å². The van der Waals surface area contributed by atoms with Gasteiger partial charge < -0.3 is 19.5 Å². The summed E-state index contributed by atoms with van der Waals surface area (Å²) in [5, 5.41) is 11.5. The molecule has 3 aromatic rings. The van der Waals surface area contributed by atoms with Crippen LogP contribution in [0.5, 0.6) is 5.75 Å². The lowest BCUT2D eigenvalue weighted by atomic mass is 9.77. The Balaban J connectivity index is 1.75. The maximum absolute atomic E-state index is 14.6. The van der Waals surface area contributed by atoms with Gasteiger partial charge in [0.1, 0.15) is 5.75 Å². The lowest BCUT2D eigenvalue weighted by molar-refractivity contribution is -0.274. The first-order valence-electron chi connectivity index (χ1n) is 11.9. The number of aliphatic hydroxyl groups is 1. The number of rotatable bonds is 6. The zero-order valence-electron chi connectivity index (χ0n) is 21.1. The molecule has 1 aliphatic heterocycles. The van der Waals surface area contributed by atoms with Crippen molar-refractivity contribution in [1.82, 2.24) is 0 Å². The number of carbonyl (C=O) groups is 2. The Morgan fingerprint density at radius 3 is 2.38 bits per heavy atom. The van der Waals surface area contributed by atoms with Crippen LogP contribution in [0.2, 0.25) is 10.0 Å². The normalized spacial score (nSPS) is 15.7. The van der Waals surface area contributed by atoms with Crippen LogP contribution in [-0.2, 0) is 15.1 Å². The molecular formula is C28H24Cl2F3NO5. The average molecular weight is 582 g/mol. The fourth-order valence-corrected chi connectivity index (χ4v) is 5.06. The predicted molar refractivity (Wildman–Crippen MR) is 142 cm³/mol. The number of hydrogen-bond donors (Lipinski definition) is 1. The lowest BCUT2D eigenvalue weighted by Crippen LogP contribution is -2.47. The highest BCUT2D eigenvalue weighted by Gasteiger charge is 2.59. The SMILES string of the molecule is CCOC(=O)c1cc(-c2ccc([C@H](C)[C@](O)(c3ccc4c(c3)N(C)C(=O)CO4)C(F)(F)F)c(Cl)c2)ccc1Cl. The van der Waals surface area contributed by atoms with Crippen molar-refractivity contribution < 1.29 is 37.3 Å². The van der Waals surface area contributed by atoms with E-state index in [0.717, 1.165) is 12.1 Å². The second-order valence-electron chi connectivity index (χ2n) is 9.06. The maximum atomic E-state index is 14.6. The van der Waals surface area contributed by atoms with Crippen LogP contribution < -0.4 is 9.64 Å². The fourth-order valence-electron chi connectivity index (χ4n) is 4.52. The molecule has 11 heteroatoms. The van der Waals surface area contributed by atoms with E-state index in [1.807, 2.05) is 0 Å². The summed E-state index contributed by atoms with van der Waals surface area (Å²) >= 11 is 12.6. The van der Waals surface area contributed by atoms with E-state index in [1.54, 1.807) is 19.1 Å². The van der Waals surface area contributed by atoms with E-state index < -0.39 is 35.1 Å². The molecular weight excluding hydrogens is 558 g/mol. The molecule has 1 aliphatic rings. The van der Waals surface area contributed by atoms with Gasteiger partial charge in [-0.05, 0) is 59.5 Å². The number of anilines is 1. The predicted octanol–water partition coefficient (Wildman–Crippen LogP) is 6.75. The molecule has 0 bridgehead atoms. The quantitative estimate of drug-likeness (QED) is 0.326. The van der Waals surface area contributed by atoms with Gasteiger partial charge in [-0.15, -0.1) is 0 Å². The van der Waals surface area contributed by atoms with Crippen molar-refractivity contribution >= 4 is 40.8 Å². The largest absolute Gasteiger partial charge is 0.482 e. The third kappa shape index (κ3) is 5.18. The molecule has 1 amide bonds. The molecule has 0 fully saturated rings. The Kier molecular flexibility index (Phi) is 7.89. The van der Waals surface area contributed by atoms with Crippen molar-refractivity contribution in [2.24, 2.45) is 0 Å². The number of carbonyl (C=O) groups excluding carboxylic acids is 2. The highest BCUT2D eigenvalue weighted by atomic mass is 35.5. The van der Waals surface area contributed by atoms with Gasteiger partial charge in [-0.1, -0.05) is 54.4 Å². The van der Waals surface area contributed by atoms with Gasteiger partial charge >= 0.3 is 12.1 Å². The lowest BCUT2D eigenvalue weighted by Gasteiger charge is -2.38. The highest BCUT2D eigenvalue weighted by Crippen LogP contribution is 2.51. The Bertz CT molecular complexity index is 1450. The minimum absolute atomic E-state index is 0.0242. The summed E-state index contributed by atoms with van der Waals surface area (Å²) < 4.78 is 54.0. The van der Waals surface area contributed by atoms with Crippen molar-refractivity contribution in [2.75, 3.05) is 25.2 Å². The molecule has 4 rings (SSSR count). The summed E-state index contributed by atoms with van der Waals surface area (Å²) in [5.74, 6) is -2.37. The molecule has 6 nitrogen and oxygen atoms in total. The van der Waals surface area contributed by atoms with Gasteiger partial charge in [-0.25, -0.2) is 4.79 Å². The summed E-state index contributed by atoms with van der Waals surface area (Å²) in [4.78, 5) is 25.5. The first kappa shape index (κ1) is 28.7. The third-order valence-electron chi connectivity index (χ3n) is 6.81. The molecule has 0 aliphatic carbocycles. The molecule has 1 heterocycles. The Labute approximate surface area is 232 Å². The molecule has 0 unspecified atom stereocenters. The van der Waals surface area contributed by atoms with Crippen LogP contribution in [0.1, 0.15) is 41.3 Å². The van der Waals surface area contributed by atoms with Gasteiger partial charge in [0.2, 0.25) is 0 Å². The summed E-state index contributed by atoms with van der Waals surface area (Å²) in [7, 11) is 1.42. The zero-order valence-corrected chi connectivity index (χ0v) is 22.6. The number of fused-ring (bicyclic) bond motifs is 1. The molecule has 2 atom stereocenters. The third-order valence-corrected chi connectivity index (χ3v) is 7.46. The molecule has 0 radical (unpaired) electrons. The number of benzene rings is 3. The molecule has 3 aromatic carbocycles. The minimum atomic E-state index is -5.11. The molecule has 206 valence electrons. The molecule has 0 saturated heterocycles. The van der Waals surface area contributed by atoms with E-state index in [1.165, 1.54) is 49.2 Å². The number of halogens is 5. The van der Waals surface area contributed by atoms with Gasteiger partial charge in [0, 0.05) is 18.0 Å². The minimum Gasteiger partial charge on any atom is -0.482 e. The van der Waals surface area contributed by atoms with Crippen LogP contribution in [-0.4, -0.2) is 43.4 Å². The molecule has 0 aromatic heterocycles. The van der Waals surface area contributed by atoms with Crippen molar-refractivity contribution in [3.05, 3.63) is 81.3 Å². The molecule has 1 N–H and O–H groups in total. The zero-order chi connectivity index (χ0) is 28.7. The van der Waals surface area contributed by atoms with E-state index in [4.69, 9.17) is 32.7 Å². The van der Waals surface area contributed by atoms with E-state index in [-0.39, 0.29) is 45.8 Å². The van der Waals surface area contributed by atoms with Gasteiger partial charge in [-0.2, -0.15) is 13.2 Å². The number of likely N-dealkylation sites (N-methyl/N-ethyl adjacent to an activating group) is 1. The van der Waals surface area contributed by atoms with Gasteiger partial charge in [0.05, 0.1) is 22.9 Å². The van der Waals surface area contributed by atoms with Crippen molar-refractivity contribution in [3.8, 4) is 16.9 Å². The monoisotopic (exact) mass is 581 g/mol. The molecule has 0 saturated carbocycles.